The van der Waals surface area contributed by atoms with E-state index in [0.717, 1.165) is 0 Å². The summed E-state index contributed by atoms with van der Waals surface area (Å²) in [7, 11) is 0. The van der Waals surface area contributed by atoms with Gasteiger partial charge in [0.05, 0.1) is 18.9 Å². The predicted octanol–water partition coefficient (Wildman–Crippen LogP) is 3.30. The minimum absolute atomic E-state index is 0.00378. The second-order valence-corrected chi connectivity index (χ2v) is 4.12. The van der Waals surface area contributed by atoms with Crippen LogP contribution in [0.5, 0.6) is 0 Å². The fraction of sp³-hybridized carbons (Fsp3) is 0.308. The zero-order valence-electron chi connectivity index (χ0n) is 10.3. The Morgan fingerprint density at radius 2 is 2.00 bits per heavy atom. The standard InChI is InChI=1S/C13H10F3N3O/c14-13(15,16)7-5-11-18-12(20-19-11)10-4-2-1-3-9(10)6-8-17/h1-4H,5-7H2. The Labute approximate surface area is 112 Å². The smallest absolute Gasteiger partial charge is 0.334 e. The van der Waals surface area contributed by atoms with E-state index in [1.165, 1.54) is 0 Å². The summed E-state index contributed by atoms with van der Waals surface area (Å²) in [6.45, 7) is 0. The quantitative estimate of drug-likeness (QED) is 0.862. The summed E-state index contributed by atoms with van der Waals surface area (Å²) in [4.78, 5) is 3.94. The van der Waals surface area contributed by atoms with Crippen LogP contribution in [0.1, 0.15) is 17.8 Å². The zero-order valence-corrected chi connectivity index (χ0v) is 10.3. The summed E-state index contributed by atoms with van der Waals surface area (Å²) in [5.41, 5.74) is 1.26. The van der Waals surface area contributed by atoms with Crippen molar-refractivity contribution in [2.24, 2.45) is 0 Å². The number of halogens is 3. The number of hydrogen-bond donors (Lipinski definition) is 0. The number of hydrogen-bond acceptors (Lipinski definition) is 4. The minimum atomic E-state index is -4.25. The maximum absolute atomic E-state index is 12.1. The summed E-state index contributed by atoms with van der Waals surface area (Å²) in [5.74, 6) is 0.136. The van der Waals surface area contributed by atoms with E-state index in [0.29, 0.717) is 11.1 Å². The van der Waals surface area contributed by atoms with Crippen molar-refractivity contribution in [3.8, 4) is 17.5 Å². The number of aromatic nitrogens is 2. The lowest BCUT2D eigenvalue weighted by atomic mass is 10.1. The number of nitrogens with zero attached hydrogens (tertiary/aromatic N) is 3. The molecule has 0 amide bonds. The van der Waals surface area contributed by atoms with Gasteiger partial charge in [0.15, 0.2) is 5.82 Å². The van der Waals surface area contributed by atoms with Gasteiger partial charge in [0, 0.05) is 12.0 Å². The molecule has 0 spiro atoms. The third kappa shape index (κ3) is 3.57. The Bertz CT molecular complexity index is 628. The van der Waals surface area contributed by atoms with Crippen LogP contribution in [0.2, 0.25) is 0 Å². The second-order valence-electron chi connectivity index (χ2n) is 4.12. The predicted molar refractivity (Wildman–Crippen MR) is 63.4 cm³/mol. The van der Waals surface area contributed by atoms with Gasteiger partial charge in [-0.3, -0.25) is 0 Å². The van der Waals surface area contributed by atoms with E-state index in [2.05, 4.69) is 10.1 Å². The minimum Gasteiger partial charge on any atom is -0.334 e. The van der Waals surface area contributed by atoms with E-state index < -0.39 is 12.6 Å². The lowest BCUT2D eigenvalue weighted by Gasteiger charge is -2.02. The molecular weight excluding hydrogens is 271 g/mol. The summed E-state index contributed by atoms with van der Waals surface area (Å²) in [5, 5.41) is 12.3. The van der Waals surface area contributed by atoms with Crippen molar-refractivity contribution < 1.29 is 17.7 Å². The van der Waals surface area contributed by atoms with E-state index >= 15 is 0 Å². The van der Waals surface area contributed by atoms with Crippen molar-refractivity contribution in [1.29, 1.82) is 5.26 Å². The van der Waals surface area contributed by atoms with Crippen molar-refractivity contribution in [3.63, 3.8) is 0 Å². The molecule has 0 aliphatic heterocycles. The molecule has 0 saturated carbocycles. The highest BCUT2D eigenvalue weighted by atomic mass is 19.4. The van der Waals surface area contributed by atoms with Gasteiger partial charge in [-0.1, -0.05) is 23.4 Å². The first-order chi connectivity index (χ1) is 9.49. The summed E-state index contributed by atoms with van der Waals surface area (Å²) >= 11 is 0. The molecule has 0 saturated heterocycles. The van der Waals surface area contributed by atoms with Crippen molar-refractivity contribution in [2.45, 2.75) is 25.4 Å². The molecule has 7 heteroatoms. The molecular formula is C13H10F3N3O. The van der Waals surface area contributed by atoms with E-state index in [9.17, 15) is 13.2 Å². The second kappa shape index (κ2) is 5.74. The van der Waals surface area contributed by atoms with Gasteiger partial charge in [-0.05, 0) is 11.6 Å². The number of nitriles is 1. The van der Waals surface area contributed by atoms with Gasteiger partial charge < -0.3 is 4.52 Å². The molecule has 0 N–H and O–H groups in total. The molecule has 0 bridgehead atoms. The Balaban J connectivity index is 2.19. The Hall–Kier alpha value is -2.36. The molecule has 104 valence electrons. The van der Waals surface area contributed by atoms with Crippen LogP contribution in [0.3, 0.4) is 0 Å². The maximum Gasteiger partial charge on any atom is 0.389 e. The van der Waals surface area contributed by atoms with Crippen LogP contribution >= 0.6 is 0 Å². The lowest BCUT2D eigenvalue weighted by molar-refractivity contribution is -0.134. The van der Waals surface area contributed by atoms with Crippen LogP contribution in [0.15, 0.2) is 28.8 Å². The average Bonchev–Trinajstić information content (AvgIpc) is 2.85. The van der Waals surface area contributed by atoms with Gasteiger partial charge in [0.25, 0.3) is 5.89 Å². The van der Waals surface area contributed by atoms with Gasteiger partial charge in [0.2, 0.25) is 0 Å². The number of benzene rings is 1. The Morgan fingerprint density at radius 3 is 2.70 bits per heavy atom. The zero-order chi connectivity index (χ0) is 14.6. The van der Waals surface area contributed by atoms with Crippen LogP contribution in [-0.4, -0.2) is 16.3 Å². The molecule has 0 radical (unpaired) electrons. The van der Waals surface area contributed by atoms with Gasteiger partial charge in [-0.25, -0.2) is 0 Å². The first-order valence-corrected chi connectivity index (χ1v) is 5.84. The highest BCUT2D eigenvalue weighted by Gasteiger charge is 2.27. The van der Waals surface area contributed by atoms with Gasteiger partial charge >= 0.3 is 6.18 Å². The van der Waals surface area contributed by atoms with E-state index in [4.69, 9.17) is 9.78 Å². The molecule has 0 aliphatic rings. The largest absolute Gasteiger partial charge is 0.389 e. The molecule has 4 nitrogen and oxygen atoms in total. The van der Waals surface area contributed by atoms with E-state index in [1.54, 1.807) is 24.3 Å². The van der Waals surface area contributed by atoms with Crippen molar-refractivity contribution in [2.75, 3.05) is 0 Å². The van der Waals surface area contributed by atoms with Crippen molar-refractivity contribution in [3.05, 3.63) is 35.7 Å². The Morgan fingerprint density at radius 1 is 1.25 bits per heavy atom. The molecule has 0 fully saturated rings. The molecule has 1 aromatic heterocycles. The molecule has 1 aromatic carbocycles. The number of rotatable bonds is 4. The molecule has 0 aliphatic carbocycles. The fourth-order valence-electron chi connectivity index (χ4n) is 1.69. The SMILES string of the molecule is N#CCc1ccccc1-c1nc(CCC(F)(F)F)no1. The molecule has 20 heavy (non-hydrogen) atoms. The molecule has 0 atom stereocenters. The van der Waals surface area contributed by atoms with Crippen LogP contribution in [0.4, 0.5) is 13.2 Å². The molecule has 2 rings (SSSR count). The third-order valence-corrected chi connectivity index (χ3v) is 2.62. The van der Waals surface area contributed by atoms with Crippen LogP contribution < -0.4 is 0 Å². The summed E-state index contributed by atoms with van der Waals surface area (Å²) < 4.78 is 41.3. The van der Waals surface area contributed by atoms with Crippen LogP contribution in [0, 0.1) is 11.3 Å². The normalized spacial score (nSPS) is 11.3. The van der Waals surface area contributed by atoms with Crippen LogP contribution in [0.25, 0.3) is 11.5 Å². The van der Waals surface area contributed by atoms with Crippen molar-refractivity contribution >= 4 is 0 Å². The lowest BCUT2D eigenvalue weighted by Crippen LogP contribution is -2.09. The maximum atomic E-state index is 12.1. The topological polar surface area (TPSA) is 62.7 Å². The van der Waals surface area contributed by atoms with Crippen LogP contribution in [-0.2, 0) is 12.8 Å². The molecule has 2 aromatic rings. The average molecular weight is 281 g/mol. The van der Waals surface area contributed by atoms with Gasteiger partial charge in [0.1, 0.15) is 0 Å². The molecule has 0 unspecified atom stereocenters. The van der Waals surface area contributed by atoms with Crippen molar-refractivity contribution in [1.82, 2.24) is 10.1 Å². The highest BCUT2D eigenvalue weighted by Crippen LogP contribution is 2.24. The number of alkyl halides is 3. The third-order valence-electron chi connectivity index (χ3n) is 2.62. The highest BCUT2D eigenvalue weighted by molar-refractivity contribution is 5.58. The van der Waals surface area contributed by atoms with Gasteiger partial charge in [-0.2, -0.15) is 23.4 Å². The fourth-order valence-corrected chi connectivity index (χ4v) is 1.69. The Kier molecular flexibility index (Phi) is 4.03. The number of aryl methyl sites for hydroxylation is 1. The summed E-state index contributed by atoms with van der Waals surface area (Å²) in [6, 6.07) is 8.92. The van der Waals surface area contributed by atoms with E-state index in [1.807, 2.05) is 6.07 Å². The van der Waals surface area contributed by atoms with Gasteiger partial charge in [-0.15, -0.1) is 0 Å². The monoisotopic (exact) mass is 281 g/mol. The summed E-state index contributed by atoms with van der Waals surface area (Å²) in [6.07, 6.45) is -5.41. The first-order valence-electron chi connectivity index (χ1n) is 5.84. The first kappa shape index (κ1) is 14.1. The van der Waals surface area contributed by atoms with E-state index in [-0.39, 0.29) is 24.6 Å². The molecule has 1 heterocycles.